The number of hydrogen-bond acceptors (Lipinski definition) is 5. The van der Waals surface area contributed by atoms with E-state index in [0.29, 0.717) is 39.3 Å². The molecule has 1 saturated heterocycles. The molecule has 98 valence electrons. The van der Waals surface area contributed by atoms with E-state index in [1.165, 1.54) is 12.4 Å². The molecular formula is C11H16N4O3. The highest BCUT2D eigenvalue weighted by atomic mass is 16.5. The standard InChI is InChI=1S/C11H16N4O3/c16-9(15-5-7-18-8-6-15)1-2-12-10-11(17)14-4-3-13-10/h3-4H,1-2,5-8H2,(H,12,13)(H,14,17). The average Bonchev–Trinajstić information content (AvgIpc) is 2.42. The number of rotatable bonds is 4. The molecule has 1 aliphatic rings. The van der Waals surface area contributed by atoms with Crippen molar-refractivity contribution in [2.75, 3.05) is 38.2 Å². The van der Waals surface area contributed by atoms with Crippen LogP contribution in [0, 0.1) is 0 Å². The fraction of sp³-hybridized carbons (Fsp3) is 0.545. The molecule has 1 aromatic heterocycles. The maximum atomic E-state index is 11.8. The number of carbonyl (C=O) groups excluding carboxylic acids is 1. The van der Waals surface area contributed by atoms with E-state index in [4.69, 9.17) is 4.74 Å². The molecule has 2 heterocycles. The molecule has 0 bridgehead atoms. The molecule has 1 aliphatic heterocycles. The van der Waals surface area contributed by atoms with Crippen LogP contribution in [0.15, 0.2) is 17.2 Å². The summed E-state index contributed by atoms with van der Waals surface area (Å²) in [6.07, 6.45) is 3.30. The lowest BCUT2D eigenvalue weighted by Gasteiger charge is -2.26. The Hall–Kier alpha value is -1.89. The zero-order chi connectivity index (χ0) is 12.8. The van der Waals surface area contributed by atoms with Crippen LogP contribution in [0.2, 0.25) is 0 Å². The summed E-state index contributed by atoms with van der Waals surface area (Å²) >= 11 is 0. The zero-order valence-electron chi connectivity index (χ0n) is 10.0. The molecule has 1 aromatic rings. The van der Waals surface area contributed by atoms with Gasteiger partial charge in [0.15, 0.2) is 5.82 Å². The van der Waals surface area contributed by atoms with Crippen molar-refractivity contribution in [2.24, 2.45) is 0 Å². The van der Waals surface area contributed by atoms with Crippen LogP contribution >= 0.6 is 0 Å². The minimum absolute atomic E-state index is 0.0677. The number of ether oxygens (including phenoxy) is 1. The van der Waals surface area contributed by atoms with Gasteiger partial charge in [-0.3, -0.25) is 9.59 Å². The maximum Gasteiger partial charge on any atom is 0.290 e. The Morgan fingerprint density at radius 1 is 1.50 bits per heavy atom. The van der Waals surface area contributed by atoms with Gasteiger partial charge in [0, 0.05) is 38.4 Å². The van der Waals surface area contributed by atoms with Gasteiger partial charge in [-0.1, -0.05) is 0 Å². The first kappa shape index (κ1) is 12.6. The van der Waals surface area contributed by atoms with Gasteiger partial charge in [0.2, 0.25) is 5.91 Å². The number of aromatic nitrogens is 2. The summed E-state index contributed by atoms with van der Waals surface area (Å²) < 4.78 is 5.17. The predicted molar refractivity (Wildman–Crippen MR) is 65.4 cm³/mol. The average molecular weight is 252 g/mol. The second-order valence-corrected chi connectivity index (χ2v) is 3.94. The number of carbonyl (C=O) groups is 1. The highest BCUT2D eigenvalue weighted by molar-refractivity contribution is 5.76. The molecule has 1 fully saturated rings. The van der Waals surface area contributed by atoms with Crippen molar-refractivity contribution in [3.05, 3.63) is 22.7 Å². The Balaban J connectivity index is 1.76. The summed E-state index contributed by atoms with van der Waals surface area (Å²) in [4.78, 5) is 31.3. The summed E-state index contributed by atoms with van der Waals surface area (Å²) in [6.45, 7) is 2.88. The van der Waals surface area contributed by atoms with Gasteiger partial charge in [0.25, 0.3) is 5.56 Å². The largest absolute Gasteiger partial charge is 0.378 e. The molecule has 0 aliphatic carbocycles. The fourth-order valence-corrected chi connectivity index (χ4v) is 1.74. The predicted octanol–water partition coefficient (Wildman–Crippen LogP) is -0.569. The molecule has 18 heavy (non-hydrogen) atoms. The molecular weight excluding hydrogens is 236 g/mol. The van der Waals surface area contributed by atoms with E-state index in [9.17, 15) is 9.59 Å². The van der Waals surface area contributed by atoms with Crippen LogP contribution in [0.3, 0.4) is 0 Å². The minimum Gasteiger partial charge on any atom is -0.378 e. The Morgan fingerprint density at radius 2 is 2.28 bits per heavy atom. The topological polar surface area (TPSA) is 87.3 Å². The molecule has 7 heteroatoms. The second-order valence-electron chi connectivity index (χ2n) is 3.94. The Bertz CT molecular complexity index is 454. The molecule has 0 radical (unpaired) electrons. The van der Waals surface area contributed by atoms with Crippen LogP contribution in [-0.2, 0) is 9.53 Å². The third-order valence-corrected chi connectivity index (χ3v) is 2.70. The minimum atomic E-state index is -0.281. The zero-order valence-corrected chi connectivity index (χ0v) is 10.0. The van der Waals surface area contributed by atoms with Crippen molar-refractivity contribution < 1.29 is 9.53 Å². The quantitative estimate of drug-likeness (QED) is 0.749. The van der Waals surface area contributed by atoms with E-state index in [-0.39, 0.29) is 17.3 Å². The van der Waals surface area contributed by atoms with Crippen molar-refractivity contribution in [3.63, 3.8) is 0 Å². The summed E-state index contributed by atoms with van der Waals surface area (Å²) in [5, 5.41) is 2.85. The van der Waals surface area contributed by atoms with Crippen LogP contribution in [0.4, 0.5) is 5.82 Å². The van der Waals surface area contributed by atoms with Crippen LogP contribution < -0.4 is 10.9 Å². The first-order valence-electron chi connectivity index (χ1n) is 5.90. The van der Waals surface area contributed by atoms with Gasteiger partial charge in [-0.15, -0.1) is 0 Å². The van der Waals surface area contributed by atoms with Crippen molar-refractivity contribution in [1.82, 2.24) is 14.9 Å². The molecule has 2 rings (SSSR count). The number of aromatic amines is 1. The van der Waals surface area contributed by atoms with Crippen molar-refractivity contribution in [3.8, 4) is 0 Å². The smallest absolute Gasteiger partial charge is 0.290 e. The van der Waals surface area contributed by atoms with Crippen LogP contribution in [0.1, 0.15) is 6.42 Å². The van der Waals surface area contributed by atoms with E-state index in [2.05, 4.69) is 15.3 Å². The third-order valence-electron chi connectivity index (χ3n) is 2.70. The Labute approximate surface area is 104 Å². The first-order chi connectivity index (χ1) is 8.77. The van der Waals surface area contributed by atoms with Gasteiger partial charge < -0.3 is 19.9 Å². The number of nitrogens with one attached hydrogen (secondary N) is 2. The van der Waals surface area contributed by atoms with Gasteiger partial charge in [0.1, 0.15) is 0 Å². The van der Waals surface area contributed by atoms with Gasteiger partial charge in [-0.2, -0.15) is 0 Å². The number of amides is 1. The van der Waals surface area contributed by atoms with Crippen LogP contribution in [0.5, 0.6) is 0 Å². The highest BCUT2D eigenvalue weighted by Gasteiger charge is 2.16. The molecule has 7 nitrogen and oxygen atoms in total. The van der Waals surface area contributed by atoms with Crippen molar-refractivity contribution in [2.45, 2.75) is 6.42 Å². The summed E-state index contributed by atoms with van der Waals surface area (Å²) in [5.74, 6) is 0.311. The lowest BCUT2D eigenvalue weighted by atomic mass is 10.3. The molecule has 1 amide bonds. The van der Waals surface area contributed by atoms with Crippen LogP contribution in [-0.4, -0.2) is 53.6 Å². The van der Waals surface area contributed by atoms with E-state index < -0.39 is 0 Å². The van der Waals surface area contributed by atoms with E-state index in [1.54, 1.807) is 4.90 Å². The Morgan fingerprint density at radius 3 is 3.00 bits per heavy atom. The lowest BCUT2D eigenvalue weighted by Crippen LogP contribution is -2.41. The van der Waals surface area contributed by atoms with Gasteiger partial charge in [0.05, 0.1) is 13.2 Å². The third kappa shape index (κ3) is 3.30. The Kier molecular flexibility index (Phi) is 4.30. The van der Waals surface area contributed by atoms with Gasteiger partial charge in [-0.25, -0.2) is 4.98 Å². The van der Waals surface area contributed by atoms with E-state index in [1.807, 2.05) is 0 Å². The number of hydrogen-bond donors (Lipinski definition) is 2. The lowest BCUT2D eigenvalue weighted by molar-refractivity contribution is -0.134. The number of anilines is 1. The molecule has 0 atom stereocenters. The monoisotopic (exact) mass is 252 g/mol. The molecule has 0 aromatic carbocycles. The van der Waals surface area contributed by atoms with Crippen molar-refractivity contribution >= 4 is 11.7 Å². The number of morpholine rings is 1. The fourth-order valence-electron chi connectivity index (χ4n) is 1.74. The molecule has 2 N–H and O–H groups in total. The first-order valence-corrected chi connectivity index (χ1v) is 5.90. The summed E-state index contributed by atoms with van der Waals surface area (Å²) in [6, 6.07) is 0. The normalized spacial score (nSPS) is 15.4. The molecule has 0 saturated carbocycles. The molecule has 0 spiro atoms. The highest BCUT2D eigenvalue weighted by Crippen LogP contribution is 2.00. The SMILES string of the molecule is O=C(CCNc1ncc[nH]c1=O)N1CCOCC1. The van der Waals surface area contributed by atoms with Gasteiger partial charge in [-0.05, 0) is 0 Å². The van der Waals surface area contributed by atoms with E-state index in [0.717, 1.165) is 0 Å². The number of nitrogens with zero attached hydrogens (tertiary/aromatic N) is 2. The summed E-state index contributed by atoms with van der Waals surface area (Å²) in [5.41, 5.74) is -0.281. The van der Waals surface area contributed by atoms with Crippen LogP contribution in [0.25, 0.3) is 0 Å². The second kappa shape index (κ2) is 6.15. The summed E-state index contributed by atoms with van der Waals surface area (Å²) in [7, 11) is 0. The van der Waals surface area contributed by atoms with Crippen molar-refractivity contribution in [1.29, 1.82) is 0 Å². The van der Waals surface area contributed by atoms with E-state index >= 15 is 0 Å². The number of H-pyrrole nitrogens is 1. The maximum absolute atomic E-state index is 11.8. The van der Waals surface area contributed by atoms with Gasteiger partial charge >= 0.3 is 0 Å². The molecule has 0 unspecified atom stereocenters.